The molecule has 0 radical (unpaired) electrons. The lowest BCUT2D eigenvalue weighted by atomic mass is 10.1. The Balaban J connectivity index is 1.36. The summed E-state index contributed by atoms with van der Waals surface area (Å²) in [6, 6.07) is 14.7. The van der Waals surface area contributed by atoms with Gasteiger partial charge in [0.25, 0.3) is 0 Å². The Hall–Kier alpha value is -2.75. The summed E-state index contributed by atoms with van der Waals surface area (Å²) in [5.41, 5.74) is 2.98. The van der Waals surface area contributed by atoms with Crippen LogP contribution in [0, 0.1) is 13.8 Å². The Labute approximate surface area is 196 Å². The zero-order valence-corrected chi connectivity index (χ0v) is 20.0. The molecule has 2 aromatic rings. The van der Waals surface area contributed by atoms with Crippen molar-refractivity contribution >= 4 is 21.8 Å². The summed E-state index contributed by atoms with van der Waals surface area (Å²) in [7, 11) is -3.65. The quantitative estimate of drug-likeness (QED) is 0.575. The Bertz CT molecular complexity index is 1070. The van der Waals surface area contributed by atoms with Crippen LogP contribution in [0.25, 0.3) is 0 Å². The first-order valence-corrected chi connectivity index (χ1v) is 12.6. The molecule has 178 valence electrons. The molecule has 0 spiro atoms. The third kappa shape index (κ3) is 7.38. The molecular weight excluding hydrogens is 440 g/mol. The van der Waals surface area contributed by atoms with Crippen LogP contribution in [0.4, 0.5) is 0 Å². The van der Waals surface area contributed by atoms with Crippen LogP contribution in [0.15, 0.2) is 53.4 Å². The summed E-state index contributed by atoms with van der Waals surface area (Å²) in [4.78, 5) is 28.6. The summed E-state index contributed by atoms with van der Waals surface area (Å²) in [5, 5.41) is 2.92. The molecule has 2 amide bonds. The molecule has 0 aromatic heterocycles. The van der Waals surface area contributed by atoms with Crippen molar-refractivity contribution in [3.63, 3.8) is 0 Å². The number of amides is 2. The molecule has 33 heavy (non-hydrogen) atoms. The van der Waals surface area contributed by atoms with E-state index in [4.69, 9.17) is 0 Å². The molecule has 2 aromatic carbocycles. The lowest BCUT2D eigenvalue weighted by molar-refractivity contribution is -0.133. The second-order valence-corrected chi connectivity index (χ2v) is 10.1. The topological polar surface area (TPSA) is 98.8 Å². The molecule has 3 rings (SSSR count). The molecule has 1 heterocycles. The number of piperazine rings is 1. The van der Waals surface area contributed by atoms with Gasteiger partial charge in [-0.1, -0.05) is 36.4 Å². The Morgan fingerprint density at radius 3 is 2.30 bits per heavy atom. The van der Waals surface area contributed by atoms with Crippen LogP contribution in [-0.2, 0) is 26.2 Å². The average Bonchev–Trinajstić information content (AvgIpc) is 2.80. The van der Waals surface area contributed by atoms with Gasteiger partial charge < -0.3 is 10.2 Å². The minimum Gasteiger partial charge on any atom is -0.351 e. The van der Waals surface area contributed by atoms with Crippen molar-refractivity contribution in [1.82, 2.24) is 19.8 Å². The van der Waals surface area contributed by atoms with E-state index in [2.05, 4.69) is 10.0 Å². The number of hydrogen-bond acceptors (Lipinski definition) is 5. The number of rotatable bonds is 9. The van der Waals surface area contributed by atoms with E-state index in [1.165, 1.54) is 0 Å². The highest BCUT2D eigenvalue weighted by Crippen LogP contribution is 2.14. The zero-order valence-electron chi connectivity index (χ0n) is 19.2. The molecule has 0 atom stereocenters. The van der Waals surface area contributed by atoms with Crippen LogP contribution < -0.4 is 10.0 Å². The highest BCUT2D eigenvalue weighted by atomic mass is 32.2. The van der Waals surface area contributed by atoms with Gasteiger partial charge in [-0.25, -0.2) is 13.1 Å². The van der Waals surface area contributed by atoms with E-state index in [0.29, 0.717) is 39.3 Å². The molecule has 1 fully saturated rings. The summed E-state index contributed by atoms with van der Waals surface area (Å²) in [6.07, 6.45) is 0.0988. The van der Waals surface area contributed by atoms with Crippen molar-refractivity contribution in [2.75, 3.05) is 39.3 Å². The smallest absolute Gasteiger partial charge is 0.240 e. The van der Waals surface area contributed by atoms with Gasteiger partial charge in [-0.2, -0.15) is 0 Å². The standard InChI is InChI=1S/C24H32N4O4S/c1-19-8-9-22(16-20(19)2)33(31,32)26-11-10-24(30)28-14-12-27(13-15-28)18-23(29)25-17-21-6-4-3-5-7-21/h3-9,16,26H,10-15,17-18H2,1-2H3,(H,25,29). The predicted octanol–water partition coefficient (Wildman–Crippen LogP) is 1.43. The Morgan fingerprint density at radius 1 is 0.939 bits per heavy atom. The van der Waals surface area contributed by atoms with Gasteiger partial charge in [-0.05, 0) is 42.7 Å². The van der Waals surface area contributed by atoms with Crippen LogP contribution in [-0.4, -0.2) is 69.3 Å². The third-order valence-electron chi connectivity index (χ3n) is 5.84. The second kappa shape index (κ2) is 11.4. The van der Waals surface area contributed by atoms with Crippen LogP contribution >= 0.6 is 0 Å². The molecule has 8 nitrogen and oxygen atoms in total. The van der Waals surface area contributed by atoms with E-state index in [1.54, 1.807) is 23.1 Å². The van der Waals surface area contributed by atoms with E-state index in [-0.39, 0.29) is 29.7 Å². The van der Waals surface area contributed by atoms with Crippen molar-refractivity contribution in [2.24, 2.45) is 0 Å². The third-order valence-corrected chi connectivity index (χ3v) is 7.30. The Morgan fingerprint density at radius 2 is 1.64 bits per heavy atom. The molecule has 9 heteroatoms. The minimum absolute atomic E-state index is 0.0422. The maximum atomic E-state index is 12.5. The first kappa shape index (κ1) is 24.9. The SMILES string of the molecule is Cc1ccc(S(=O)(=O)NCCC(=O)N2CCN(CC(=O)NCc3ccccc3)CC2)cc1C. The molecule has 0 aliphatic carbocycles. The van der Waals surface area contributed by atoms with Gasteiger partial charge in [0.05, 0.1) is 11.4 Å². The average molecular weight is 473 g/mol. The number of carbonyl (C=O) groups is 2. The molecule has 0 saturated carbocycles. The highest BCUT2D eigenvalue weighted by Gasteiger charge is 2.23. The molecule has 0 unspecified atom stereocenters. The van der Waals surface area contributed by atoms with Gasteiger partial charge in [0, 0.05) is 45.7 Å². The van der Waals surface area contributed by atoms with Crippen LogP contribution in [0.5, 0.6) is 0 Å². The first-order valence-electron chi connectivity index (χ1n) is 11.1. The zero-order chi connectivity index (χ0) is 23.8. The maximum absolute atomic E-state index is 12.5. The monoisotopic (exact) mass is 472 g/mol. The number of nitrogens with zero attached hydrogens (tertiary/aromatic N) is 2. The largest absolute Gasteiger partial charge is 0.351 e. The van der Waals surface area contributed by atoms with E-state index < -0.39 is 10.0 Å². The fourth-order valence-electron chi connectivity index (χ4n) is 3.63. The molecule has 1 aliphatic rings. The summed E-state index contributed by atoms with van der Waals surface area (Å²) >= 11 is 0. The van der Waals surface area contributed by atoms with E-state index >= 15 is 0 Å². The molecule has 0 bridgehead atoms. The van der Waals surface area contributed by atoms with Crippen molar-refractivity contribution in [1.29, 1.82) is 0 Å². The van der Waals surface area contributed by atoms with Gasteiger partial charge in [0.15, 0.2) is 0 Å². The predicted molar refractivity (Wildman–Crippen MR) is 127 cm³/mol. The lowest BCUT2D eigenvalue weighted by Crippen LogP contribution is -2.51. The van der Waals surface area contributed by atoms with Crippen molar-refractivity contribution in [3.05, 3.63) is 65.2 Å². The second-order valence-electron chi connectivity index (χ2n) is 8.31. The number of hydrogen-bond donors (Lipinski definition) is 2. The maximum Gasteiger partial charge on any atom is 0.240 e. The summed E-state index contributed by atoms with van der Waals surface area (Å²) in [5.74, 6) is -0.134. The summed E-state index contributed by atoms with van der Waals surface area (Å²) < 4.78 is 27.4. The van der Waals surface area contributed by atoms with Gasteiger partial charge >= 0.3 is 0 Å². The normalized spacial score (nSPS) is 14.8. The van der Waals surface area contributed by atoms with Gasteiger partial charge in [0.1, 0.15) is 0 Å². The number of nitrogens with one attached hydrogen (secondary N) is 2. The Kier molecular flexibility index (Phi) is 8.60. The fourth-order valence-corrected chi connectivity index (χ4v) is 4.74. The van der Waals surface area contributed by atoms with Gasteiger partial charge in [0.2, 0.25) is 21.8 Å². The lowest BCUT2D eigenvalue weighted by Gasteiger charge is -2.34. The number of carbonyl (C=O) groups excluding carboxylic acids is 2. The number of benzene rings is 2. The van der Waals surface area contributed by atoms with E-state index in [0.717, 1.165) is 16.7 Å². The van der Waals surface area contributed by atoms with Crippen molar-refractivity contribution < 1.29 is 18.0 Å². The summed E-state index contributed by atoms with van der Waals surface area (Å²) in [6.45, 7) is 6.90. The van der Waals surface area contributed by atoms with Gasteiger partial charge in [-0.3, -0.25) is 14.5 Å². The molecule has 1 aliphatic heterocycles. The molecule has 1 saturated heterocycles. The first-order chi connectivity index (χ1) is 15.7. The number of sulfonamides is 1. The minimum atomic E-state index is -3.65. The van der Waals surface area contributed by atoms with Crippen LogP contribution in [0.3, 0.4) is 0 Å². The fraction of sp³-hybridized carbons (Fsp3) is 0.417. The van der Waals surface area contributed by atoms with Crippen LogP contribution in [0.1, 0.15) is 23.1 Å². The highest BCUT2D eigenvalue weighted by molar-refractivity contribution is 7.89. The van der Waals surface area contributed by atoms with Crippen molar-refractivity contribution in [3.8, 4) is 0 Å². The van der Waals surface area contributed by atoms with E-state index in [1.807, 2.05) is 49.1 Å². The molecular formula is C24H32N4O4S. The van der Waals surface area contributed by atoms with E-state index in [9.17, 15) is 18.0 Å². The number of aryl methyl sites for hydroxylation is 2. The van der Waals surface area contributed by atoms with Crippen LogP contribution in [0.2, 0.25) is 0 Å². The van der Waals surface area contributed by atoms with Gasteiger partial charge in [-0.15, -0.1) is 0 Å². The molecule has 2 N–H and O–H groups in total. The van der Waals surface area contributed by atoms with Crippen molar-refractivity contribution in [2.45, 2.75) is 31.7 Å².